The van der Waals surface area contributed by atoms with Crippen molar-refractivity contribution < 1.29 is 27.9 Å². The highest BCUT2D eigenvalue weighted by Gasteiger charge is 2.33. The van der Waals surface area contributed by atoms with Gasteiger partial charge < -0.3 is 20.3 Å². The minimum Gasteiger partial charge on any atom is -0.389 e. The number of benzene rings is 1. The van der Waals surface area contributed by atoms with Gasteiger partial charge in [0.1, 0.15) is 12.6 Å². The number of Topliss-reactive ketones (excluding diaryl/α,β-unsaturated/α-hetero) is 1. The highest BCUT2D eigenvalue weighted by Crippen LogP contribution is 2.21. The second kappa shape index (κ2) is 10.7. The number of hydrogen-bond acceptors (Lipinski definition) is 6. The number of nitrogens with zero attached hydrogens (tertiary/aromatic N) is 1. The minimum atomic E-state index is -4.04. The molecule has 0 aliphatic carbocycles. The van der Waals surface area contributed by atoms with Crippen LogP contribution in [0.2, 0.25) is 0 Å². The number of aryl methyl sites for hydroxylation is 1. The van der Waals surface area contributed by atoms with Crippen LogP contribution in [0, 0.1) is 11.8 Å². The lowest BCUT2D eigenvalue weighted by Gasteiger charge is -2.24. The highest BCUT2D eigenvalue weighted by molar-refractivity contribution is 7.89. The van der Waals surface area contributed by atoms with Crippen LogP contribution in [0.15, 0.2) is 35.4 Å². The van der Waals surface area contributed by atoms with Crippen LogP contribution < -0.4 is 15.4 Å². The van der Waals surface area contributed by atoms with Crippen LogP contribution in [-0.4, -0.2) is 60.9 Å². The van der Waals surface area contributed by atoms with Crippen LogP contribution in [0.1, 0.15) is 33.1 Å². The maximum Gasteiger partial charge on any atom is 0.241 e. The Labute approximate surface area is 199 Å². The SMILES string of the molecule is CC(C)C[C@H](NS(=O)(=O)c1ccc2c(ccn2C)c1)C(=O)N[C@@H](C[C@@H]1CCNC1=O)C(=O)CO. The summed E-state index contributed by atoms with van der Waals surface area (Å²) in [6.45, 7) is 3.39. The van der Waals surface area contributed by atoms with E-state index >= 15 is 0 Å². The van der Waals surface area contributed by atoms with Crippen molar-refractivity contribution in [1.29, 1.82) is 0 Å². The Morgan fingerprint density at radius 1 is 1.24 bits per heavy atom. The summed E-state index contributed by atoms with van der Waals surface area (Å²) in [5, 5.41) is 15.3. The van der Waals surface area contributed by atoms with E-state index in [2.05, 4.69) is 15.4 Å². The molecule has 2 aromatic rings. The Balaban J connectivity index is 1.80. The van der Waals surface area contributed by atoms with E-state index < -0.39 is 46.3 Å². The van der Waals surface area contributed by atoms with Crippen LogP contribution in [-0.2, 0) is 31.5 Å². The predicted octanol–water partition coefficient (Wildman–Crippen LogP) is 0.444. The molecule has 11 heteroatoms. The smallest absolute Gasteiger partial charge is 0.241 e. The molecule has 2 heterocycles. The van der Waals surface area contributed by atoms with E-state index in [1.165, 1.54) is 6.07 Å². The first kappa shape index (κ1) is 25.9. The van der Waals surface area contributed by atoms with Gasteiger partial charge in [0.25, 0.3) is 0 Å². The number of aliphatic hydroxyl groups excluding tert-OH is 1. The number of nitrogens with one attached hydrogen (secondary N) is 3. The van der Waals surface area contributed by atoms with Gasteiger partial charge in [-0.05, 0) is 49.4 Å². The number of aromatic nitrogens is 1. The average Bonchev–Trinajstić information content (AvgIpc) is 3.36. The lowest BCUT2D eigenvalue weighted by molar-refractivity contribution is -0.131. The molecule has 0 unspecified atom stereocenters. The summed E-state index contributed by atoms with van der Waals surface area (Å²) in [5.41, 5.74) is 0.872. The number of rotatable bonds is 11. The first-order chi connectivity index (χ1) is 16.0. The average molecular weight is 493 g/mol. The fourth-order valence-electron chi connectivity index (χ4n) is 4.17. The van der Waals surface area contributed by atoms with Gasteiger partial charge >= 0.3 is 0 Å². The molecule has 1 aromatic heterocycles. The Bertz CT molecular complexity index is 1170. The van der Waals surface area contributed by atoms with E-state index in [1.54, 1.807) is 18.2 Å². The number of amides is 2. The van der Waals surface area contributed by atoms with Gasteiger partial charge in [0.2, 0.25) is 21.8 Å². The van der Waals surface area contributed by atoms with Gasteiger partial charge in [0.05, 0.1) is 10.9 Å². The largest absolute Gasteiger partial charge is 0.389 e. The first-order valence-electron chi connectivity index (χ1n) is 11.3. The van der Waals surface area contributed by atoms with Crippen LogP contribution in [0.4, 0.5) is 0 Å². The molecule has 3 atom stereocenters. The Kier molecular flexibility index (Phi) is 8.11. The predicted molar refractivity (Wildman–Crippen MR) is 126 cm³/mol. The number of fused-ring (bicyclic) bond motifs is 1. The first-order valence-corrected chi connectivity index (χ1v) is 12.8. The standard InChI is InChI=1S/C23H32N4O6S/c1-14(2)10-19(23(31)25-18(21(29)13-28)12-16-6-8-24-22(16)30)26-34(32,33)17-4-5-20-15(11-17)7-9-27(20)3/h4-5,7,9,11,14,16,18-19,26,28H,6,8,10,12-13H2,1-3H3,(H,24,30)(H,25,31)/t16-,18-,19-/m0/s1. The molecule has 1 aliphatic rings. The molecule has 34 heavy (non-hydrogen) atoms. The third kappa shape index (κ3) is 6.02. The maximum absolute atomic E-state index is 13.1. The highest BCUT2D eigenvalue weighted by atomic mass is 32.2. The molecule has 1 aliphatic heterocycles. The summed E-state index contributed by atoms with van der Waals surface area (Å²) in [4.78, 5) is 37.4. The fourth-order valence-corrected chi connectivity index (χ4v) is 5.41. The van der Waals surface area contributed by atoms with Crippen molar-refractivity contribution in [2.45, 2.75) is 50.1 Å². The lowest BCUT2D eigenvalue weighted by atomic mass is 9.95. The van der Waals surface area contributed by atoms with Crippen LogP contribution in [0.25, 0.3) is 10.9 Å². The number of carbonyl (C=O) groups is 3. The number of sulfonamides is 1. The Hall–Kier alpha value is -2.76. The summed E-state index contributed by atoms with van der Waals surface area (Å²) < 4.78 is 30.6. The van der Waals surface area contributed by atoms with E-state index in [1.807, 2.05) is 31.7 Å². The topological polar surface area (TPSA) is 147 Å². The van der Waals surface area contributed by atoms with Crippen molar-refractivity contribution in [3.63, 3.8) is 0 Å². The summed E-state index contributed by atoms with van der Waals surface area (Å²) in [6.07, 6.45) is 2.59. The minimum absolute atomic E-state index is 0.0253. The summed E-state index contributed by atoms with van der Waals surface area (Å²) in [6, 6.07) is 4.29. The van der Waals surface area contributed by atoms with Crippen LogP contribution >= 0.6 is 0 Å². The molecule has 1 saturated heterocycles. The van der Waals surface area contributed by atoms with E-state index in [9.17, 15) is 27.9 Å². The summed E-state index contributed by atoms with van der Waals surface area (Å²) >= 11 is 0. The van der Waals surface area contributed by atoms with Crippen molar-refractivity contribution in [3.8, 4) is 0 Å². The Morgan fingerprint density at radius 3 is 2.59 bits per heavy atom. The van der Waals surface area contributed by atoms with Gasteiger partial charge in [0, 0.05) is 36.6 Å². The molecule has 186 valence electrons. The second-order valence-corrected chi connectivity index (χ2v) is 10.9. The van der Waals surface area contributed by atoms with Crippen LogP contribution in [0.3, 0.4) is 0 Å². The molecular weight excluding hydrogens is 460 g/mol. The van der Waals surface area contributed by atoms with Crippen molar-refractivity contribution in [2.24, 2.45) is 18.9 Å². The number of aliphatic hydroxyl groups is 1. The van der Waals surface area contributed by atoms with E-state index in [0.29, 0.717) is 13.0 Å². The van der Waals surface area contributed by atoms with Gasteiger partial charge in [-0.15, -0.1) is 0 Å². The molecule has 0 spiro atoms. The second-order valence-electron chi connectivity index (χ2n) is 9.15. The molecule has 1 fully saturated rings. The number of hydrogen-bond donors (Lipinski definition) is 4. The van der Waals surface area contributed by atoms with Crippen molar-refractivity contribution >= 4 is 38.5 Å². The normalized spacial score (nSPS) is 18.1. The van der Waals surface area contributed by atoms with Gasteiger partial charge in [0.15, 0.2) is 5.78 Å². The van der Waals surface area contributed by atoms with Crippen molar-refractivity contribution in [2.75, 3.05) is 13.2 Å². The monoisotopic (exact) mass is 492 g/mol. The summed E-state index contributed by atoms with van der Waals surface area (Å²) in [5.74, 6) is -2.00. The van der Waals surface area contributed by atoms with Crippen molar-refractivity contribution in [3.05, 3.63) is 30.5 Å². The lowest BCUT2D eigenvalue weighted by Crippen LogP contribution is -2.53. The van der Waals surface area contributed by atoms with Crippen LogP contribution in [0.5, 0.6) is 0 Å². The molecule has 0 bridgehead atoms. The zero-order valence-electron chi connectivity index (χ0n) is 19.6. The van der Waals surface area contributed by atoms with Gasteiger partial charge in [-0.3, -0.25) is 14.4 Å². The third-order valence-corrected chi connectivity index (χ3v) is 7.50. The van der Waals surface area contributed by atoms with E-state index in [4.69, 9.17) is 0 Å². The maximum atomic E-state index is 13.1. The van der Waals surface area contributed by atoms with Gasteiger partial charge in [-0.25, -0.2) is 8.42 Å². The molecule has 3 rings (SSSR count). The Morgan fingerprint density at radius 2 is 1.97 bits per heavy atom. The van der Waals surface area contributed by atoms with E-state index in [-0.39, 0.29) is 29.6 Å². The van der Waals surface area contributed by atoms with Crippen molar-refractivity contribution in [1.82, 2.24) is 19.9 Å². The molecule has 1 aromatic carbocycles. The third-order valence-electron chi connectivity index (χ3n) is 6.03. The van der Waals surface area contributed by atoms with Gasteiger partial charge in [-0.1, -0.05) is 13.8 Å². The zero-order valence-corrected chi connectivity index (χ0v) is 20.4. The summed E-state index contributed by atoms with van der Waals surface area (Å²) in [7, 11) is -2.19. The zero-order chi connectivity index (χ0) is 25.0. The molecule has 10 nitrogen and oxygen atoms in total. The molecular formula is C23H32N4O6S. The quantitative estimate of drug-likeness (QED) is 0.358. The molecule has 0 radical (unpaired) electrons. The van der Waals surface area contributed by atoms with Gasteiger partial charge in [-0.2, -0.15) is 4.72 Å². The fraction of sp³-hybridized carbons (Fsp3) is 0.522. The number of carbonyl (C=O) groups excluding carboxylic acids is 3. The molecule has 4 N–H and O–H groups in total. The number of ketones is 1. The van der Waals surface area contributed by atoms with E-state index in [0.717, 1.165) is 10.9 Å². The molecule has 0 saturated carbocycles. The molecule has 2 amide bonds.